The van der Waals surface area contributed by atoms with Gasteiger partial charge in [0.15, 0.2) is 0 Å². The maximum atomic E-state index is 14.4. The summed E-state index contributed by atoms with van der Waals surface area (Å²) in [6.45, 7) is 1.64. The molecule has 1 unspecified atom stereocenters. The summed E-state index contributed by atoms with van der Waals surface area (Å²) in [6, 6.07) is 2.22. The Hall–Kier alpha value is -1.04. The number of benzene rings is 1. The minimum atomic E-state index is -0.556. The topological polar surface area (TPSA) is 41.3 Å². The molecule has 20 heavy (non-hydrogen) atoms. The van der Waals surface area contributed by atoms with E-state index in [0.717, 1.165) is 25.7 Å². The minimum absolute atomic E-state index is 0.0584. The molecule has 0 bridgehead atoms. The number of hydrogen-bond acceptors (Lipinski definition) is 3. The molecule has 0 saturated heterocycles. The molecule has 1 aromatic rings. The van der Waals surface area contributed by atoms with Gasteiger partial charge in [0.25, 0.3) is 0 Å². The third-order valence-electron chi connectivity index (χ3n) is 4.67. The maximum Gasteiger partial charge on any atom is 0.133 e. The molecule has 3 nitrogen and oxygen atoms in total. The highest BCUT2D eigenvalue weighted by molar-refractivity contribution is 5.32. The van der Waals surface area contributed by atoms with Crippen LogP contribution >= 0.6 is 0 Å². The summed E-state index contributed by atoms with van der Waals surface area (Å²) in [6.07, 6.45) is 3.85. The Bertz CT molecular complexity index is 482. The molecule has 5 heteroatoms. The fourth-order valence-corrected chi connectivity index (χ4v) is 3.43. The molecule has 0 spiro atoms. The second kappa shape index (κ2) is 5.76. The molecule has 1 aliphatic rings. The average molecular weight is 283 g/mol. The van der Waals surface area contributed by atoms with Gasteiger partial charge in [-0.3, -0.25) is 11.3 Å². The summed E-state index contributed by atoms with van der Waals surface area (Å²) in [5, 5.41) is 0. The van der Waals surface area contributed by atoms with Crippen molar-refractivity contribution in [3.8, 4) is 0 Å². The zero-order valence-corrected chi connectivity index (χ0v) is 12.3. The monoisotopic (exact) mass is 283 g/mol. The van der Waals surface area contributed by atoms with Gasteiger partial charge in [0, 0.05) is 11.1 Å². The molecule has 0 radical (unpaired) electrons. The van der Waals surface area contributed by atoms with Gasteiger partial charge in [-0.05, 0) is 45.5 Å². The van der Waals surface area contributed by atoms with Crippen molar-refractivity contribution in [2.45, 2.75) is 44.2 Å². The molecular formula is C15H23F2N3. The van der Waals surface area contributed by atoms with E-state index >= 15 is 0 Å². The second-order valence-electron chi connectivity index (χ2n) is 5.90. The van der Waals surface area contributed by atoms with Gasteiger partial charge >= 0.3 is 0 Å². The molecule has 1 saturated carbocycles. The van der Waals surface area contributed by atoms with Crippen molar-refractivity contribution >= 4 is 0 Å². The number of nitrogens with two attached hydrogens (primary N) is 1. The summed E-state index contributed by atoms with van der Waals surface area (Å²) >= 11 is 0. The molecule has 1 aromatic carbocycles. The van der Waals surface area contributed by atoms with Gasteiger partial charge in [-0.2, -0.15) is 0 Å². The molecule has 0 heterocycles. The smallest absolute Gasteiger partial charge is 0.133 e. The van der Waals surface area contributed by atoms with Crippen molar-refractivity contribution in [2.24, 2.45) is 5.84 Å². The van der Waals surface area contributed by atoms with Crippen LogP contribution in [0.3, 0.4) is 0 Å². The molecular weight excluding hydrogens is 260 g/mol. The van der Waals surface area contributed by atoms with E-state index in [0.29, 0.717) is 5.56 Å². The number of nitrogens with one attached hydrogen (secondary N) is 1. The lowest BCUT2D eigenvalue weighted by molar-refractivity contribution is 0.101. The molecule has 112 valence electrons. The SMILES string of the molecule is Cc1ccc(F)c(C(NN)C2(N(C)C)CCCC2)c1F. The van der Waals surface area contributed by atoms with Crippen molar-refractivity contribution in [1.82, 2.24) is 10.3 Å². The normalized spacial score (nSPS) is 19.6. The van der Waals surface area contributed by atoms with Crippen LogP contribution in [-0.4, -0.2) is 24.5 Å². The first-order valence-corrected chi connectivity index (χ1v) is 7.02. The van der Waals surface area contributed by atoms with E-state index in [2.05, 4.69) is 5.43 Å². The quantitative estimate of drug-likeness (QED) is 0.659. The Balaban J connectivity index is 2.55. The number of halogens is 2. The van der Waals surface area contributed by atoms with Gasteiger partial charge in [-0.15, -0.1) is 0 Å². The van der Waals surface area contributed by atoms with E-state index in [1.165, 1.54) is 12.1 Å². The van der Waals surface area contributed by atoms with Gasteiger partial charge in [0.1, 0.15) is 11.6 Å². The van der Waals surface area contributed by atoms with Gasteiger partial charge in [0.05, 0.1) is 6.04 Å². The predicted octanol–water partition coefficient (Wildman–Crippen LogP) is 2.65. The maximum absolute atomic E-state index is 14.4. The molecule has 1 fully saturated rings. The van der Waals surface area contributed by atoms with Gasteiger partial charge in [-0.25, -0.2) is 8.78 Å². The zero-order valence-electron chi connectivity index (χ0n) is 12.3. The minimum Gasteiger partial charge on any atom is -0.302 e. The molecule has 3 N–H and O–H groups in total. The summed E-state index contributed by atoms with van der Waals surface area (Å²) in [4.78, 5) is 2.05. The predicted molar refractivity (Wildman–Crippen MR) is 76.0 cm³/mol. The number of hydrazine groups is 1. The van der Waals surface area contributed by atoms with Crippen LogP contribution in [0.25, 0.3) is 0 Å². The molecule has 0 aliphatic heterocycles. The Morgan fingerprint density at radius 2 is 1.85 bits per heavy atom. The largest absolute Gasteiger partial charge is 0.302 e. The van der Waals surface area contributed by atoms with Crippen molar-refractivity contribution in [2.75, 3.05) is 14.1 Å². The fourth-order valence-electron chi connectivity index (χ4n) is 3.43. The summed E-state index contributed by atoms with van der Waals surface area (Å²) in [7, 11) is 3.89. The van der Waals surface area contributed by atoms with Crippen molar-refractivity contribution in [3.05, 3.63) is 34.9 Å². The summed E-state index contributed by atoms with van der Waals surface area (Å²) < 4.78 is 28.6. The van der Waals surface area contributed by atoms with Crippen LogP contribution in [0.4, 0.5) is 8.78 Å². The molecule has 2 rings (SSSR count). The highest BCUT2D eigenvalue weighted by Crippen LogP contribution is 2.44. The van der Waals surface area contributed by atoms with Crippen molar-refractivity contribution in [1.29, 1.82) is 0 Å². The van der Waals surface area contributed by atoms with Crippen molar-refractivity contribution < 1.29 is 8.78 Å². The standard InChI is InChI=1S/C15H23F2N3/c1-10-6-7-11(16)12(13(10)17)14(19-18)15(20(2)3)8-4-5-9-15/h6-7,14,19H,4-5,8-9,18H2,1-3H3. The van der Waals surface area contributed by atoms with Crippen LogP contribution < -0.4 is 11.3 Å². The lowest BCUT2D eigenvalue weighted by Crippen LogP contribution is -2.54. The van der Waals surface area contributed by atoms with Crippen molar-refractivity contribution in [3.63, 3.8) is 0 Å². The third kappa shape index (κ3) is 2.34. The van der Waals surface area contributed by atoms with Crippen LogP contribution in [0, 0.1) is 18.6 Å². The fraction of sp³-hybridized carbons (Fsp3) is 0.600. The Morgan fingerprint density at radius 3 is 2.35 bits per heavy atom. The molecule has 0 aromatic heterocycles. The Labute approximate surface area is 119 Å². The van der Waals surface area contributed by atoms with E-state index in [9.17, 15) is 8.78 Å². The summed E-state index contributed by atoms with van der Waals surface area (Å²) in [5.41, 5.74) is 2.82. The number of aryl methyl sites for hydroxylation is 1. The van der Waals surface area contributed by atoms with E-state index in [1.54, 1.807) is 6.92 Å². The van der Waals surface area contributed by atoms with Crippen LogP contribution in [-0.2, 0) is 0 Å². The second-order valence-corrected chi connectivity index (χ2v) is 5.90. The number of nitrogens with zero attached hydrogens (tertiary/aromatic N) is 1. The lowest BCUT2D eigenvalue weighted by Gasteiger charge is -2.43. The zero-order chi connectivity index (χ0) is 14.9. The van der Waals surface area contributed by atoms with Gasteiger partial charge in [0.2, 0.25) is 0 Å². The van der Waals surface area contributed by atoms with E-state index in [1.807, 2.05) is 19.0 Å². The Kier molecular flexibility index (Phi) is 4.42. The number of hydrogen-bond donors (Lipinski definition) is 2. The first-order valence-electron chi connectivity index (χ1n) is 7.02. The summed E-state index contributed by atoms with van der Waals surface area (Å²) in [5.74, 6) is 4.65. The number of rotatable bonds is 4. The third-order valence-corrected chi connectivity index (χ3v) is 4.67. The van der Waals surface area contributed by atoms with E-state index < -0.39 is 17.7 Å². The highest BCUT2D eigenvalue weighted by Gasteiger charge is 2.45. The van der Waals surface area contributed by atoms with Gasteiger partial charge in [-0.1, -0.05) is 18.9 Å². The van der Waals surface area contributed by atoms with Gasteiger partial charge < -0.3 is 4.90 Å². The van der Waals surface area contributed by atoms with E-state index in [4.69, 9.17) is 5.84 Å². The van der Waals surface area contributed by atoms with E-state index in [-0.39, 0.29) is 11.1 Å². The molecule has 1 atom stereocenters. The first-order chi connectivity index (χ1) is 9.44. The van der Waals surface area contributed by atoms with Crippen LogP contribution in [0.15, 0.2) is 12.1 Å². The average Bonchev–Trinajstić information content (AvgIpc) is 2.89. The van der Waals surface area contributed by atoms with Crippen LogP contribution in [0.1, 0.15) is 42.9 Å². The van der Waals surface area contributed by atoms with Crippen LogP contribution in [0.2, 0.25) is 0 Å². The highest BCUT2D eigenvalue weighted by atomic mass is 19.1. The first kappa shape index (κ1) is 15.4. The Morgan fingerprint density at radius 1 is 1.25 bits per heavy atom. The van der Waals surface area contributed by atoms with Crippen LogP contribution in [0.5, 0.6) is 0 Å². The molecule has 1 aliphatic carbocycles. The lowest BCUT2D eigenvalue weighted by atomic mass is 9.82. The molecule has 0 amide bonds. The number of likely N-dealkylation sites (N-methyl/N-ethyl adjacent to an activating group) is 1.